The third-order valence-corrected chi connectivity index (χ3v) is 4.21. The van der Waals surface area contributed by atoms with Gasteiger partial charge in [-0.2, -0.15) is 0 Å². The molecule has 0 saturated heterocycles. The highest BCUT2D eigenvalue weighted by Crippen LogP contribution is 2.45. The van der Waals surface area contributed by atoms with Gasteiger partial charge in [0.05, 0.1) is 12.4 Å². The Labute approximate surface area is 117 Å². The fraction of sp³-hybridized carbons (Fsp3) is 0.643. The molecule has 1 heterocycles. The van der Waals surface area contributed by atoms with Crippen LogP contribution in [-0.4, -0.2) is 38.8 Å². The largest absolute Gasteiger partial charge is 0.476 e. The van der Waals surface area contributed by atoms with Crippen molar-refractivity contribution in [2.24, 2.45) is 17.8 Å². The lowest BCUT2D eigenvalue weighted by Gasteiger charge is -2.27. The van der Waals surface area contributed by atoms with Crippen LogP contribution in [0.2, 0.25) is 0 Å². The number of carbonyl (C=O) groups is 1. The van der Waals surface area contributed by atoms with E-state index >= 15 is 0 Å². The average Bonchev–Trinajstić information content (AvgIpc) is 3.30. The predicted molar refractivity (Wildman–Crippen MR) is 72.4 cm³/mol. The third kappa shape index (κ3) is 2.90. The van der Waals surface area contributed by atoms with Crippen molar-refractivity contribution in [3.63, 3.8) is 0 Å². The molecule has 0 aliphatic heterocycles. The monoisotopic (exact) mass is 277 g/mol. The molecule has 6 nitrogen and oxygen atoms in total. The van der Waals surface area contributed by atoms with E-state index in [1.807, 2.05) is 0 Å². The fourth-order valence-corrected chi connectivity index (χ4v) is 2.79. The molecule has 3 rings (SSSR count). The summed E-state index contributed by atoms with van der Waals surface area (Å²) in [4.78, 5) is 18.7. The van der Waals surface area contributed by atoms with Gasteiger partial charge in [0.15, 0.2) is 5.69 Å². The van der Waals surface area contributed by atoms with E-state index in [4.69, 9.17) is 5.11 Å². The van der Waals surface area contributed by atoms with Crippen molar-refractivity contribution in [1.82, 2.24) is 9.97 Å². The second kappa shape index (κ2) is 5.36. The van der Waals surface area contributed by atoms with E-state index in [0.717, 1.165) is 0 Å². The molecule has 2 fully saturated rings. The first-order chi connectivity index (χ1) is 9.69. The first-order valence-corrected chi connectivity index (χ1v) is 7.11. The minimum atomic E-state index is -1.07. The quantitative estimate of drug-likeness (QED) is 0.697. The van der Waals surface area contributed by atoms with Crippen LogP contribution in [0.15, 0.2) is 12.4 Å². The van der Waals surface area contributed by atoms with Gasteiger partial charge in [-0.3, -0.25) is 0 Å². The molecule has 108 valence electrons. The second-order valence-corrected chi connectivity index (χ2v) is 5.78. The number of nitrogens with one attached hydrogen (secondary N) is 1. The number of carboxylic acids is 1. The topological polar surface area (TPSA) is 95.3 Å². The highest BCUT2D eigenvalue weighted by Gasteiger charge is 2.43. The van der Waals surface area contributed by atoms with Crippen molar-refractivity contribution in [2.45, 2.75) is 31.7 Å². The smallest absolute Gasteiger partial charge is 0.356 e. The number of aliphatic hydroxyl groups is 1. The summed E-state index contributed by atoms with van der Waals surface area (Å²) in [5.74, 6) is 0.988. The van der Waals surface area contributed by atoms with Gasteiger partial charge in [0, 0.05) is 18.6 Å². The van der Waals surface area contributed by atoms with Gasteiger partial charge in [0.1, 0.15) is 5.82 Å². The van der Waals surface area contributed by atoms with Crippen molar-refractivity contribution in [3.05, 3.63) is 18.1 Å². The summed E-state index contributed by atoms with van der Waals surface area (Å²) in [7, 11) is 0. The molecule has 1 aromatic rings. The van der Waals surface area contributed by atoms with Crippen LogP contribution in [0.3, 0.4) is 0 Å². The van der Waals surface area contributed by atoms with Crippen molar-refractivity contribution < 1.29 is 15.0 Å². The zero-order valence-corrected chi connectivity index (χ0v) is 11.2. The van der Waals surface area contributed by atoms with Crippen LogP contribution < -0.4 is 5.32 Å². The molecule has 0 bridgehead atoms. The van der Waals surface area contributed by atoms with E-state index in [2.05, 4.69) is 15.3 Å². The van der Waals surface area contributed by atoms with Crippen LogP contribution in [0.1, 0.15) is 36.2 Å². The number of aromatic carboxylic acids is 1. The summed E-state index contributed by atoms with van der Waals surface area (Å²) in [6, 6.07) is 0.220. The van der Waals surface area contributed by atoms with Gasteiger partial charge < -0.3 is 15.5 Å². The molecule has 0 aromatic carbocycles. The minimum absolute atomic E-state index is 0.0561. The molecular weight excluding hydrogens is 258 g/mol. The zero-order chi connectivity index (χ0) is 14.1. The lowest BCUT2D eigenvalue weighted by atomic mass is 9.91. The summed E-state index contributed by atoms with van der Waals surface area (Å²) in [6.07, 6.45) is 7.47. The lowest BCUT2D eigenvalue weighted by molar-refractivity contribution is 0.0690. The third-order valence-electron chi connectivity index (χ3n) is 4.21. The SMILES string of the molecule is O=C(O)c1cnc(NC(C2CC2)C(CO)C2CC2)cn1. The molecule has 0 spiro atoms. The van der Waals surface area contributed by atoms with Crippen molar-refractivity contribution in [2.75, 3.05) is 11.9 Å². The molecule has 3 N–H and O–H groups in total. The van der Waals surface area contributed by atoms with Gasteiger partial charge >= 0.3 is 5.97 Å². The van der Waals surface area contributed by atoms with Gasteiger partial charge in [-0.05, 0) is 37.5 Å². The number of rotatable bonds is 7. The van der Waals surface area contributed by atoms with Crippen LogP contribution in [0.25, 0.3) is 0 Å². The standard InChI is InChI=1S/C14H19N3O3/c18-7-10(8-1-2-8)13(9-3-4-9)17-12-6-15-11(5-16-12)14(19)20/h5-6,8-10,13,18H,1-4,7H2,(H,16,17)(H,19,20). The second-order valence-electron chi connectivity index (χ2n) is 5.78. The van der Waals surface area contributed by atoms with Crippen molar-refractivity contribution in [1.29, 1.82) is 0 Å². The van der Waals surface area contributed by atoms with Crippen LogP contribution in [0.4, 0.5) is 5.82 Å². The fourth-order valence-electron chi connectivity index (χ4n) is 2.79. The Kier molecular flexibility index (Phi) is 3.56. The van der Waals surface area contributed by atoms with E-state index in [0.29, 0.717) is 17.7 Å². The molecule has 2 saturated carbocycles. The van der Waals surface area contributed by atoms with Gasteiger partial charge in [-0.15, -0.1) is 0 Å². The first-order valence-electron chi connectivity index (χ1n) is 7.11. The molecule has 6 heteroatoms. The van der Waals surface area contributed by atoms with Crippen LogP contribution in [0, 0.1) is 17.8 Å². The number of hydrogen-bond donors (Lipinski definition) is 3. The summed E-state index contributed by atoms with van der Waals surface area (Å²) < 4.78 is 0. The Bertz CT molecular complexity index is 483. The number of nitrogens with zero attached hydrogens (tertiary/aromatic N) is 2. The predicted octanol–water partition coefficient (Wildman–Crippen LogP) is 1.38. The van der Waals surface area contributed by atoms with Gasteiger partial charge in [-0.25, -0.2) is 14.8 Å². The number of carboxylic acid groups (broad SMARTS) is 1. The summed E-state index contributed by atoms with van der Waals surface area (Å²) >= 11 is 0. The van der Waals surface area contributed by atoms with Gasteiger partial charge in [0.2, 0.25) is 0 Å². The van der Waals surface area contributed by atoms with Gasteiger partial charge in [0.25, 0.3) is 0 Å². The molecule has 0 amide bonds. The van der Waals surface area contributed by atoms with Crippen molar-refractivity contribution >= 4 is 11.8 Å². The molecule has 1 aromatic heterocycles. The van der Waals surface area contributed by atoms with Crippen LogP contribution in [0.5, 0.6) is 0 Å². The maximum absolute atomic E-state index is 10.7. The molecule has 2 atom stereocenters. The number of hydrogen-bond acceptors (Lipinski definition) is 5. The number of aliphatic hydroxyl groups excluding tert-OH is 1. The molecule has 2 aliphatic rings. The highest BCUT2D eigenvalue weighted by molar-refractivity contribution is 5.84. The molecule has 20 heavy (non-hydrogen) atoms. The van der Waals surface area contributed by atoms with E-state index in [1.54, 1.807) is 0 Å². The average molecular weight is 277 g/mol. The summed E-state index contributed by atoms with van der Waals surface area (Å²) in [5.41, 5.74) is -0.0561. The maximum atomic E-state index is 10.7. The van der Waals surface area contributed by atoms with Crippen molar-refractivity contribution in [3.8, 4) is 0 Å². The van der Waals surface area contributed by atoms with E-state index < -0.39 is 5.97 Å². The molecule has 2 unspecified atom stereocenters. The molecule has 0 radical (unpaired) electrons. The van der Waals surface area contributed by atoms with E-state index in [9.17, 15) is 9.90 Å². The zero-order valence-electron chi connectivity index (χ0n) is 11.2. The Morgan fingerprint density at radius 1 is 1.25 bits per heavy atom. The Hall–Kier alpha value is -1.69. The Balaban J connectivity index is 1.70. The molecule has 2 aliphatic carbocycles. The maximum Gasteiger partial charge on any atom is 0.356 e. The van der Waals surface area contributed by atoms with E-state index in [-0.39, 0.29) is 24.3 Å². The highest BCUT2D eigenvalue weighted by atomic mass is 16.4. The van der Waals surface area contributed by atoms with E-state index in [1.165, 1.54) is 38.1 Å². The normalized spacial score (nSPS) is 21.2. The lowest BCUT2D eigenvalue weighted by Crippen LogP contribution is -2.35. The van der Waals surface area contributed by atoms with Crippen LogP contribution in [-0.2, 0) is 0 Å². The number of aromatic nitrogens is 2. The molecular formula is C14H19N3O3. The van der Waals surface area contributed by atoms with Gasteiger partial charge in [-0.1, -0.05) is 0 Å². The summed E-state index contributed by atoms with van der Waals surface area (Å²) in [5, 5.41) is 21.8. The van der Waals surface area contributed by atoms with Crippen LogP contribution >= 0.6 is 0 Å². The minimum Gasteiger partial charge on any atom is -0.476 e. The Morgan fingerprint density at radius 3 is 2.40 bits per heavy atom. The summed E-state index contributed by atoms with van der Waals surface area (Å²) in [6.45, 7) is 0.194. The number of anilines is 1. The Morgan fingerprint density at radius 2 is 1.95 bits per heavy atom. The first kappa shape index (κ1) is 13.3.